The molecule has 3 aromatic heterocycles. The number of nitrogens with zero attached hydrogens (tertiary/aromatic N) is 5. The molecular weight excluding hydrogens is 372 g/mol. The highest BCUT2D eigenvalue weighted by Gasteiger charge is 2.30. The van der Waals surface area contributed by atoms with Crippen LogP contribution in [0.3, 0.4) is 0 Å². The highest BCUT2D eigenvalue weighted by molar-refractivity contribution is 6.29. The van der Waals surface area contributed by atoms with Gasteiger partial charge in [0.25, 0.3) is 0 Å². The van der Waals surface area contributed by atoms with Crippen LogP contribution in [0.4, 0.5) is 14.6 Å². The Hall–Kier alpha value is -2.80. The van der Waals surface area contributed by atoms with Crippen molar-refractivity contribution in [1.29, 1.82) is 0 Å². The summed E-state index contributed by atoms with van der Waals surface area (Å²) >= 11 is 6.01. The Balaban J connectivity index is 1.62. The first-order valence-electron chi connectivity index (χ1n) is 8.63. The van der Waals surface area contributed by atoms with Crippen molar-refractivity contribution in [2.24, 2.45) is 0 Å². The Morgan fingerprint density at radius 1 is 1.07 bits per heavy atom. The number of halogens is 3. The molecule has 27 heavy (non-hydrogen) atoms. The van der Waals surface area contributed by atoms with Crippen molar-refractivity contribution in [3.8, 4) is 0 Å². The third-order valence-corrected chi connectivity index (χ3v) is 5.14. The molecule has 136 valence electrons. The second-order valence-electron chi connectivity index (χ2n) is 6.57. The van der Waals surface area contributed by atoms with Gasteiger partial charge in [0.15, 0.2) is 5.65 Å². The minimum Gasteiger partial charge on any atom is -0.349 e. The fraction of sp³-hybridized carbons (Fsp3) is 0.211. The molecule has 1 aromatic carbocycles. The first kappa shape index (κ1) is 16.4. The molecule has 5 nitrogen and oxygen atoms in total. The lowest BCUT2D eigenvalue weighted by Gasteiger charge is -2.26. The van der Waals surface area contributed by atoms with Gasteiger partial charge < -0.3 is 4.90 Å². The third kappa shape index (κ3) is 2.70. The summed E-state index contributed by atoms with van der Waals surface area (Å²) in [4.78, 5) is 11.0. The zero-order valence-electron chi connectivity index (χ0n) is 14.1. The number of benzene rings is 1. The first-order valence-corrected chi connectivity index (χ1v) is 9.01. The Kier molecular flexibility index (Phi) is 3.72. The van der Waals surface area contributed by atoms with Crippen LogP contribution in [0.2, 0.25) is 5.15 Å². The van der Waals surface area contributed by atoms with Crippen LogP contribution in [0.5, 0.6) is 0 Å². The fourth-order valence-corrected chi connectivity index (χ4v) is 3.88. The number of hydrogen-bond acceptors (Lipinski definition) is 4. The molecule has 0 bridgehead atoms. The number of fused-ring (bicyclic) bond motifs is 3. The van der Waals surface area contributed by atoms with Gasteiger partial charge in [-0.15, -0.1) is 0 Å². The molecule has 4 heterocycles. The van der Waals surface area contributed by atoms with Crippen LogP contribution in [0, 0.1) is 11.6 Å². The zero-order valence-corrected chi connectivity index (χ0v) is 14.9. The van der Waals surface area contributed by atoms with E-state index in [-0.39, 0.29) is 6.04 Å². The Bertz CT molecular complexity index is 1180. The molecule has 1 aliphatic heterocycles. The van der Waals surface area contributed by atoms with Crippen LogP contribution in [0.15, 0.2) is 42.6 Å². The topological polar surface area (TPSA) is 46.3 Å². The summed E-state index contributed by atoms with van der Waals surface area (Å²) in [6.45, 7) is 0.712. The van der Waals surface area contributed by atoms with E-state index < -0.39 is 11.6 Å². The van der Waals surface area contributed by atoms with Gasteiger partial charge in [-0.3, -0.25) is 0 Å². The van der Waals surface area contributed by atoms with E-state index in [9.17, 15) is 8.78 Å². The molecule has 0 spiro atoms. The molecule has 0 unspecified atom stereocenters. The normalized spacial score (nSPS) is 17.3. The molecule has 4 aromatic rings. The van der Waals surface area contributed by atoms with Gasteiger partial charge in [-0.25, -0.2) is 23.3 Å². The van der Waals surface area contributed by atoms with E-state index in [2.05, 4.69) is 10.1 Å². The molecule has 0 aliphatic carbocycles. The Labute approximate surface area is 158 Å². The van der Waals surface area contributed by atoms with Crippen molar-refractivity contribution in [3.05, 3.63) is 64.9 Å². The second-order valence-corrected chi connectivity index (χ2v) is 6.96. The quantitative estimate of drug-likeness (QED) is 0.475. The average molecular weight is 386 g/mol. The van der Waals surface area contributed by atoms with E-state index in [0.717, 1.165) is 18.9 Å². The number of hydrogen-bond donors (Lipinski definition) is 0. The van der Waals surface area contributed by atoms with E-state index >= 15 is 0 Å². The predicted molar refractivity (Wildman–Crippen MR) is 99.0 cm³/mol. The number of rotatable bonds is 2. The van der Waals surface area contributed by atoms with Crippen molar-refractivity contribution in [3.63, 3.8) is 0 Å². The van der Waals surface area contributed by atoms with Gasteiger partial charge in [0.05, 0.1) is 6.04 Å². The van der Waals surface area contributed by atoms with Crippen LogP contribution >= 0.6 is 11.6 Å². The largest absolute Gasteiger partial charge is 0.349 e. The van der Waals surface area contributed by atoms with Crippen molar-refractivity contribution in [2.45, 2.75) is 18.9 Å². The second kappa shape index (κ2) is 6.13. The highest BCUT2D eigenvalue weighted by atomic mass is 35.5. The van der Waals surface area contributed by atoms with Crippen LogP contribution in [0.1, 0.15) is 24.4 Å². The molecule has 1 fully saturated rings. The van der Waals surface area contributed by atoms with Crippen molar-refractivity contribution >= 4 is 34.1 Å². The van der Waals surface area contributed by atoms with Crippen molar-refractivity contribution in [1.82, 2.24) is 19.6 Å². The van der Waals surface area contributed by atoms with Gasteiger partial charge in [-0.1, -0.05) is 11.6 Å². The maximum Gasteiger partial charge on any atom is 0.183 e. The molecular formula is C19H14ClF2N5. The van der Waals surface area contributed by atoms with E-state index in [1.54, 1.807) is 22.8 Å². The van der Waals surface area contributed by atoms with Gasteiger partial charge >= 0.3 is 0 Å². The fourth-order valence-electron chi connectivity index (χ4n) is 3.73. The van der Waals surface area contributed by atoms with E-state index in [1.807, 2.05) is 11.0 Å². The Morgan fingerprint density at radius 3 is 2.85 bits per heavy atom. The summed E-state index contributed by atoms with van der Waals surface area (Å²) in [7, 11) is 0. The van der Waals surface area contributed by atoms with Gasteiger partial charge in [-0.2, -0.15) is 5.10 Å². The number of anilines is 1. The smallest absolute Gasteiger partial charge is 0.183 e. The monoisotopic (exact) mass is 385 g/mol. The molecule has 1 aliphatic rings. The molecule has 0 N–H and O–H groups in total. The lowest BCUT2D eigenvalue weighted by Crippen LogP contribution is -2.24. The highest BCUT2D eigenvalue weighted by Crippen LogP contribution is 2.37. The standard InChI is InChI=1S/C19H14ClF2N5/c20-16-6-5-14-18(23-16)19-24-17(7-9-27(19)25-14)26-8-1-2-15(26)12-10-11(21)3-4-13(12)22/h3-7,9-10,15H,1-2,8H2/t15-/m1/s1. The summed E-state index contributed by atoms with van der Waals surface area (Å²) in [6, 6.07) is 8.62. The van der Waals surface area contributed by atoms with Gasteiger partial charge in [-0.05, 0) is 49.2 Å². The summed E-state index contributed by atoms with van der Waals surface area (Å²) in [5, 5.41) is 4.80. The lowest BCUT2D eigenvalue weighted by atomic mass is 10.0. The minimum atomic E-state index is -0.442. The lowest BCUT2D eigenvalue weighted by molar-refractivity contribution is 0.560. The molecule has 0 amide bonds. The van der Waals surface area contributed by atoms with Crippen molar-refractivity contribution < 1.29 is 8.78 Å². The van der Waals surface area contributed by atoms with Crippen LogP contribution in [-0.2, 0) is 0 Å². The molecule has 5 rings (SSSR count). The summed E-state index contributed by atoms with van der Waals surface area (Å²) < 4.78 is 29.6. The number of pyridine rings is 1. The molecule has 8 heteroatoms. The molecule has 0 radical (unpaired) electrons. The maximum absolute atomic E-state index is 14.3. The zero-order chi connectivity index (χ0) is 18.5. The van der Waals surface area contributed by atoms with Crippen molar-refractivity contribution in [2.75, 3.05) is 11.4 Å². The first-order chi connectivity index (χ1) is 13.1. The SMILES string of the molecule is Fc1ccc(F)c([C@H]2CCCN2c2ccn3nc4ccc(Cl)nc4c3n2)c1. The van der Waals surface area contributed by atoms with E-state index in [4.69, 9.17) is 16.6 Å². The molecule has 1 atom stereocenters. The summed E-state index contributed by atoms with van der Waals surface area (Å²) in [5.74, 6) is -0.169. The Morgan fingerprint density at radius 2 is 1.96 bits per heavy atom. The summed E-state index contributed by atoms with van der Waals surface area (Å²) in [6.07, 6.45) is 3.40. The maximum atomic E-state index is 14.3. The van der Waals surface area contributed by atoms with E-state index in [1.165, 1.54) is 12.1 Å². The summed E-state index contributed by atoms with van der Waals surface area (Å²) in [5.41, 5.74) is 2.24. The predicted octanol–water partition coefficient (Wildman–Crippen LogP) is 4.55. The average Bonchev–Trinajstić information content (AvgIpc) is 3.28. The molecule has 1 saturated heterocycles. The van der Waals surface area contributed by atoms with Crippen LogP contribution < -0.4 is 4.90 Å². The number of aromatic nitrogens is 4. The van der Waals surface area contributed by atoms with Crippen LogP contribution in [-0.4, -0.2) is 26.1 Å². The van der Waals surface area contributed by atoms with E-state index in [0.29, 0.717) is 39.8 Å². The third-order valence-electron chi connectivity index (χ3n) is 4.93. The molecule has 0 saturated carbocycles. The minimum absolute atomic E-state index is 0.263. The van der Waals surface area contributed by atoms with Crippen LogP contribution in [0.25, 0.3) is 16.7 Å². The van der Waals surface area contributed by atoms with Gasteiger partial charge in [0, 0.05) is 18.3 Å². The van der Waals surface area contributed by atoms with Gasteiger partial charge in [0.1, 0.15) is 33.6 Å². The van der Waals surface area contributed by atoms with Gasteiger partial charge in [0.2, 0.25) is 0 Å².